The quantitative estimate of drug-likeness (QED) is 0.874. The summed E-state index contributed by atoms with van der Waals surface area (Å²) in [6.45, 7) is 6.96. The summed E-state index contributed by atoms with van der Waals surface area (Å²) in [6, 6.07) is 6.19. The maximum Gasteiger partial charge on any atom is 0.204 e. The summed E-state index contributed by atoms with van der Waals surface area (Å²) < 4.78 is 5.41. The smallest absolute Gasteiger partial charge is 0.204 e. The van der Waals surface area contributed by atoms with Crippen LogP contribution in [0.15, 0.2) is 24.5 Å². The molecule has 5 nitrogen and oxygen atoms in total. The number of nitrogens with one attached hydrogen (secondary N) is 2. The topological polar surface area (TPSA) is 59.1 Å². The average Bonchev–Trinajstić information content (AvgIpc) is 2.44. The van der Waals surface area contributed by atoms with Crippen molar-refractivity contribution in [3.8, 4) is 5.75 Å². The second-order valence-electron chi connectivity index (χ2n) is 4.56. The van der Waals surface area contributed by atoms with Crippen LogP contribution in [0.25, 0.3) is 0 Å². The molecule has 0 atom stereocenters. The maximum atomic E-state index is 5.41. The van der Waals surface area contributed by atoms with Crippen LogP contribution >= 0.6 is 0 Å². The van der Waals surface area contributed by atoms with Gasteiger partial charge in [-0.3, -0.25) is 0 Å². The molecule has 0 aliphatic carbocycles. The van der Waals surface area contributed by atoms with Gasteiger partial charge in [0.15, 0.2) is 11.6 Å². The molecule has 2 rings (SSSR count). The number of aryl methyl sites for hydroxylation is 2. The summed E-state index contributed by atoms with van der Waals surface area (Å²) in [5.74, 6) is 1.96. The van der Waals surface area contributed by atoms with E-state index >= 15 is 0 Å². The van der Waals surface area contributed by atoms with Crippen molar-refractivity contribution < 1.29 is 4.74 Å². The third-order valence-corrected chi connectivity index (χ3v) is 3.12. The third kappa shape index (κ3) is 2.99. The number of ether oxygens (including phenoxy) is 1. The zero-order valence-electron chi connectivity index (χ0n) is 12.3. The van der Waals surface area contributed by atoms with Gasteiger partial charge in [0.25, 0.3) is 0 Å². The van der Waals surface area contributed by atoms with Gasteiger partial charge >= 0.3 is 0 Å². The number of aromatic nitrogens is 2. The molecule has 0 unspecified atom stereocenters. The lowest BCUT2D eigenvalue weighted by Gasteiger charge is -2.14. The van der Waals surface area contributed by atoms with E-state index in [1.165, 1.54) is 17.5 Å². The van der Waals surface area contributed by atoms with Crippen LogP contribution in [0.3, 0.4) is 0 Å². The highest BCUT2D eigenvalue weighted by Gasteiger charge is 2.11. The van der Waals surface area contributed by atoms with E-state index in [1.54, 1.807) is 7.11 Å². The highest BCUT2D eigenvalue weighted by molar-refractivity contribution is 5.69. The van der Waals surface area contributed by atoms with Crippen LogP contribution < -0.4 is 15.4 Å². The molecule has 0 saturated heterocycles. The summed E-state index contributed by atoms with van der Waals surface area (Å²) in [5.41, 5.74) is 3.47. The second kappa shape index (κ2) is 6.23. The van der Waals surface area contributed by atoms with Crippen LogP contribution in [0.4, 0.5) is 17.3 Å². The van der Waals surface area contributed by atoms with Crippen molar-refractivity contribution in [1.82, 2.24) is 9.97 Å². The Labute approximate surface area is 119 Å². The molecule has 2 N–H and O–H groups in total. The SMILES string of the molecule is CCNc1ncnc(Nc2ccc(C)c(C)c2)c1OC. The summed E-state index contributed by atoms with van der Waals surface area (Å²) in [6.07, 6.45) is 1.52. The number of benzene rings is 1. The summed E-state index contributed by atoms with van der Waals surface area (Å²) in [7, 11) is 1.62. The molecule has 2 aromatic rings. The van der Waals surface area contributed by atoms with Crippen molar-refractivity contribution >= 4 is 17.3 Å². The molecular weight excluding hydrogens is 252 g/mol. The third-order valence-electron chi connectivity index (χ3n) is 3.12. The van der Waals surface area contributed by atoms with Crippen LogP contribution in [0.5, 0.6) is 5.75 Å². The molecule has 1 aromatic heterocycles. The summed E-state index contributed by atoms with van der Waals surface area (Å²) in [5, 5.41) is 6.43. The van der Waals surface area contributed by atoms with E-state index in [0.29, 0.717) is 17.4 Å². The molecule has 0 saturated carbocycles. The summed E-state index contributed by atoms with van der Waals surface area (Å²) >= 11 is 0. The minimum absolute atomic E-state index is 0.618. The van der Waals surface area contributed by atoms with Crippen molar-refractivity contribution in [3.63, 3.8) is 0 Å². The number of anilines is 3. The second-order valence-corrected chi connectivity index (χ2v) is 4.56. The lowest BCUT2D eigenvalue weighted by molar-refractivity contribution is 0.415. The molecule has 0 spiro atoms. The molecule has 1 aromatic carbocycles. The van der Waals surface area contributed by atoms with Crippen LogP contribution in [-0.2, 0) is 0 Å². The van der Waals surface area contributed by atoms with Gasteiger partial charge in [0.1, 0.15) is 6.33 Å². The first kappa shape index (κ1) is 14.1. The van der Waals surface area contributed by atoms with E-state index in [1.807, 2.05) is 13.0 Å². The molecule has 20 heavy (non-hydrogen) atoms. The van der Waals surface area contributed by atoms with E-state index in [0.717, 1.165) is 12.2 Å². The molecule has 0 radical (unpaired) electrons. The summed E-state index contributed by atoms with van der Waals surface area (Å²) in [4.78, 5) is 8.44. The van der Waals surface area contributed by atoms with Gasteiger partial charge in [-0.25, -0.2) is 9.97 Å². The van der Waals surface area contributed by atoms with Crippen molar-refractivity contribution in [3.05, 3.63) is 35.7 Å². The molecule has 1 heterocycles. The fraction of sp³-hybridized carbons (Fsp3) is 0.333. The van der Waals surface area contributed by atoms with Gasteiger partial charge in [0.05, 0.1) is 7.11 Å². The Morgan fingerprint density at radius 2 is 1.85 bits per heavy atom. The Morgan fingerprint density at radius 3 is 2.50 bits per heavy atom. The molecule has 0 bridgehead atoms. The van der Waals surface area contributed by atoms with Crippen molar-refractivity contribution in [2.45, 2.75) is 20.8 Å². The van der Waals surface area contributed by atoms with Gasteiger partial charge in [0.2, 0.25) is 5.75 Å². The number of methoxy groups -OCH3 is 1. The van der Waals surface area contributed by atoms with Crippen molar-refractivity contribution in [2.24, 2.45) is 0 Å². The molecule has 0 fully saturated rings. The largest absolute Gasteiger partial charge is 0.490 e. The zero-order valence-corrected chi connectivity index (χ0v) is 12.3. The van der Waals surface area contributed by atoms with Crippen LogP contribution in [0.1, 0.15) is 18.1 Å². The zero-order chi connectivity index (χ0) is 14.5. The van der Waals surface area contributed by atoms with Gasteiger partial charge in [0, 0.05) is 12.2 Å². The van der Waals surface area contributed by atoms with Crippen LogP contribution in [0.2, 0.25) is 0 Å². The molecular formula is C15H20N4O. The van der Waals surface area contributed by atoms with E-state index in [-0.39, 0.29) is 0 Å². The minimum Gasteiger partial charge on any atom is -0.490 e. The monoisotopic (exact) mass is 272 g/mol. The van der Waals surface area contributed by atoms with Gasteiger partial charge in [-0.05, 0) is 44.0 Å². The Morgan fingerprint density at radius 1 is 1.10 bits per heavy atom. The Kier molecular flexibility index (Phi) is 4.40. The van der Waals surface area contributed by atoms with Gasteiger partial charge < -0.3 is 15.4 Å². The first-order chi connectivity index (χ1) is 9.65. The standard InChI is InChI=1S/C15H20N4O/c1-5-16-14-13(20-4)15(18-9-17-14)19-12-7-6-10(2)11(3)8-12/h6-9H,5H2,1-4H3,(H2,16,17,18,19). The Balaban J connectivity index is 2.32. The minimum atomic E-state index is 0.618. The average molecular weight is 272 g/mol. The number of rotatable bonds is 5. The van der Waals surface area contributed by atoms with Crippen LogP contribution in [-0.4, -0.2) is 23.6 Å². The first-order valence-electron chi connectivity index (χ1n) is 6.62. The fourth-order valence-electron chi connectivity index (χ4n) is 1.91. The maximum absolute atomic E-state index is 5.41. The number of nitrogens with zero attached hydrogens (tertiary/aromatic N) is 2. The highest BCUT2D eigenvalue weighted by atomic mass is 16.5. The highest BCUT2D eigenvalue weighted by Crippen LogP contribution is 2.31. The Bertz CT molecular complexity index is 598. The van der Waals surface area contributed by atoms with Crippen molar-refractivity contribution in [1.29, 1.82) is 0 Å². The normalized spacial score (nSPS) is 10.2. The van der Waals surface area contributed by atoms with Gasteiger partial charge in [-0.2, -0.15) is 0 Å². The van der Waals surface area contributed by atoms with E-state index in [9.17, 15) is 0 Å². The van der Waals surface area contributed by atoms with Gasteiger partial charge in [-0.1, -0.05) is 6.07 Å². The molecule has 0 aliphatic rings. The predicted molar refractivity (Wildman–Crippen MR) is 81.9 cm³/mol. The lowest BCUT2D eigenvalue weighted by atomic mass is 10.1. The molecule has 5 heteroatoms. The first-order valence-corrected chi connectivity index (χ1v) is 6.62. The number of hydrogen-bond donors (Lipinski definition) is 2. The number of hydrogen-bond acceptors (Lipinski definition) is 5. The van der Waals surface area contributed by atoms with Crippen LogP contribution in [0, 0.1) is 13.8 Å². The van der Waals surface area contributed by atoms with E-state index in [2.05, 4.69) is 46.6 Å². The molecule has 0 aliphatic heterocycles. The molecule has 106 valence electrons. The Hall–Kier alpha value is -2.30. The fourth-order valence-corrected chi connectivity index (χ4v) is 1.91. The van der Waals surface area contributed by atoms with Crippen molar-refractivity contribution in [2.75, 3.05) is 24.3 Å². The van der Waals surface area contributed by atoms with E-state index in [4.69, 9.17) is 4.74 Å². The lowest BCUT2D eigenvalue weighted by Crippen LogP contribution is -2.06. The molecule has 0 amide bonds. The van der Waals surface area contributed by atoms with E-state index < -0.39 is 0 Å². The van der Waals surface area contributed by atoms with Gasteiger partial charge in [-0.15, -0.1) is 0 Å². The predicted octanol–water partition coefficient (Wildman–Crippen LogP) is 3.28.